The lowest BCUT2D eigenvalue weighted by atomic mass is 10.1. The lowest BCUT2D eigenvalue weighted by Crippen LogP contribution is -2.48. The summed E-state index contributed by atoms with van der Waals surface area (Å²) in [4.78, 5) is 12.6. The maximum absolute atomic E-state index is 10.7. The molecule has 0 aromatic heterocycles. The van der Waals surface area contributed by atoms with E-state index in [1.807, 2.05) is 23.7 Å². The van der Waals surface area contributed by atoms with Crippen molar-refractivity contribution in [2.24, 2.45) is 0 Å². The van der Waals surface area contributed by atoms with Gasteiger partial charge in [0.05, 0.1) is 0 Å². The Hall–Kier alpha value is -0.260. The van der Waals surface area contributed by atoms with Gasteiger partial charge in [-0.15, -0.1) is 0 Å². The van der Waals surface area contributed by atoms with Crippen LogP contribution in [0.1, 0.15) is 13.3 Å². The van der Waals surface area contributed by atoms with Crippen LogP contribution in [0.4, 0.5) is 0 Å². The molecular weight excluding hydrogens is 202 g/mol. The smallest absolute Gasteiger partial charge is 0.336 e. The predicted octanol–water partition coefficient (Wildman–Crippen LogP) is 0.259. The standard InChI is InChI=1S/C9H17NO3S/c1-9(13,8(11)12)6-10(2)7-3-4-14-5-7/h7,13H,3-6H2,1-2H3,(H,11,12). The number of carbonyl (C=O) groups is 1. The minimum Gasteiger partial charge on any atom is -0.479 e. The Labute approximate surface area is 88.3 Å². The molecule has 0 amide bonds. The Kier molecular flexibility index (Phi) is 3.80. The monoisotopic (exact) mass is 219 g/mol. The van der Waals surface area contributed by atoms with Gasteiger partial charge in [0.1, 0.15) is 0 Å². The number of nitrogens with zero attached hydrogens (tertiary/aromatic N) is 1. The van der Waals surface area contributed by atoms with Crippen molar-refractivity contribution in [3.63, 3.8) is 0 Å². The molecule has 2 unspecified atom stereocenters. The van der Waals surface area contributed by atoms with E-state index >= 15 is 0 Å². The first-order valence-electron chi connectivity index (χ1n) is 4.67. The molecule has 5 heteroatoms. The minimum atomic E-state index is -1.64. The van der Waals surface area contributed by atoms with E-state index < -0.39 is 11.6 Å². The summed E-state index contributed by atoms with van der Waals surface area (Å²) < 4.78 is 0. The molecule has 1 heterocycles. The number of aliphatic hydroxyl groups is 1. The molecule has 0 saturated carbocycles. The highest BCUT2D eigenvalue weighted by atomic mass is 32.2. The van der Waals surface area contributed by atoms with Crippen LogP contribution in [0.3, 0.4) is 0 Å². The number of aliphatic carboxylic acids is 1. The van der Waals surface area contributed by atoms with Gasteiger partial charge in [-0.05, 0) is 26.1 Å². The third kappa shape index (κ3) is 2.87. The number of carboxylic acid groups (broad SMARTS) is 1. The second kappa shape index (κ2) is 4.51. The predicted molar refractivity (Wildman–Crippen MR) is 56.6 cm³/mol. The second-order valence-corrected chi connectivity index (χ2v) is 5.16. The SMILES string of the molecule is CN(CC(C)(O)C(=O)O)C1CCSC1. The van der Waals surface area contributed by atoms with Gasteiger partial charge in [-0.25, -0.2) is 4.79 Å². The van der Waals surface area contributed by atoms with Gasteiger partial charge in [0, 0.05) is 18.3 Å². The van der Waals surface area contributed by atoms with Gasteiger partial charge in [-0.2, -0.15) is 11.8 Å². The maximum atomic E-state index is 10.7. The molecule has 1 aliphatic heterocycles. The van der Waals surface area contributed by atoms with E-state index in [-0.39, 0.29) is 6.54 Å². The fourth-order valence-electron chi connectivity index (χ4n) is 1.55. The molecule has 4 nitrogen and oxygen atoms in total. The van der Waals surface area contributed by atoms with E-state index in [1.165, 1.54) is 6.92 Å². The van der Waals surface area contributed by atoms with Crippen LogP contribution in [0.2, 0.25) is 0 Å². The first-order valence-corrected chi connectivity index (χ1v) is 5.83. The molecule has 1 saturated heterocycles. The number of likely N-dealkylation sites (N-methyl/N-ethyl adjacent to an activating group) is 1. The van der Waals surface area contributed by atoms with Crippen LogP contribution in [-0.4, -0.2) is 57.8 Å². The molecule has 14 heavy (non-hydrogen) atoms. The summed E-state index contributed by atoms with van der Waals surface area (Å²) in [6.45, 7) is 1.53. The lowest BCUT2D eigenvalue weighted by Gasteiger charge is -2.29. The first kappa shape index (κ1) is 11.8. The molecule has 0 spiro atoms. The van der Waals surface area contributed by atoms with Crippen molar-refractivity contribution >= 4 is 17.7 Å². The van der Waals surface area contributed by atoms with E-state index in [0.29, 0.717) is 6.04 Å². The second-order valence-electron chi connectivity index (χ2n) is 4.01. The van der Waals surface area contributed by atoms with E-state index in [4.69, 9.17) is 5.11 Å². The molecule has 1 aliphatic rings. The van der Waals surface area contributed by atoms with Gasteiger partial charge < -0.3 is 10.2 Å². The average Bonchev–Trinajstić information content (AvgIpc) is 2.54. The van der Waals surface area contributed by atoms with Crippen molar-refractivity contribution in [3.05, 3.63) is 0 Å². The number of carboxylic acids is 1. The van der Waals surface area contributed by atoms with Crippen molar-refractivity contribution < 1.29 is 15.0 Å². The van der Waals surface area contributed by atoms with E-state index in [2.05, 4.69) is 0 Å². The van der Waals surface area contributed by atoms with Gasteiger partial charge in [0.2, 0.25) is 0 Å². The maximum Gasteiger partial charge on any atom is 0.336 e. The van der Waals surface area contributed by atoms with Gasteiger partial charge >= 0.3 is 5.97 Å². The molecule has 1 fully saturated rings. The third-order valence-corrected chi connectivity index (χ3v) is 3.69. The van der Waals surface area contributed by atoms with Crippen LogP contribution in [0, 0.1) is 0 Å². The number of hydrogen-bond donors (Lipinski definition) is 2. The van der Waals surface area contributed by atoms with Crippen molar-refractivity contribution in [3.8, 4) is 0 Å². The first-order chi connectivity index (χ1) is 6.43. The number of rotatable bonds is 4. The van der Waals surface area contributed by atoms with Gasteiger partial charge in [-0.3, -0.25) is 4.90 Å². The Morgan fingerprint density at radius 3 is 2.79 bits per heavy atom. The number of hydrogen-bond acceptors (Lipinski definition) is 4. The average molecular weight is 219 g/mol. The van der Waals surface area contributed by atoms with Crippen LogP contribution in [0.5, 0.6) is 0 Å². The van der Waals surface area contributed by atoms with Crippen LogP contribution in [0.25, 0.3) is 0 Å². The zero-order chi connectivity index (χ0) is 10.8. The highest BCUT2D eigenvalue weighted by Gasteiger charge is 2.33. The zero-order valence-electron chi connectivity index (χ0n) is 8.56. The Morgan fingerprint density at radius 2 is 2.36 bits per heavy atom. The Morgan fingerprint density at radius 1 is 1.71 bits per heavy atom. The van der Waals surface area contributed by atoms with E-state index in [9.17, 15) is 9.90 Å². The third-order valence-electron chi connectivity index (χ3n) is 2.55. The molecule has 2 N–H and O–H groups in total. The highest BCUT2D eigenvalue weighted by molar-refractivity contribution is 7.99. The van der Waals surface area contributed by atoms with Gasteiger partial charge in [0.25, 0.3) is 0 Å². The van der Waals surface area contributed by atoms with Crippen molar-refractivity contribution in [2.45, 2.75) is 25.0 Å². The van der Waals surface area contributed by atoms with E-state index in [0.717, 1.165) is 17.9 Å². The van der Waals surface area contributed by atoms with Gasteiger partial charge in [0.15, 0.2) is 5.60 Å². The zero-order valence-corrected chi connectivity index (χ0v) is 9.38. The summed E-state index contributed by atoms with van der Waals surface area (Å²) in [5.41, 5.74) is -1.64. The Bertz CT molecular complexity index is 214. The topological polar surface area (TPSA) is 60.8 Å². The van der Waals surface area contributed by atoms with E-state index in [1.54, 1.807) is 0 Å². The van der Waals surface area contributed by atoms with Crippen LogP contribution < -0.4 is 0 Å². The fraction of sp³-hybridized carbons (Fsp3) is 0.889. The van der Waals surface area contributed by atoms with Crippen LogP contribution in [-0.2, 0) is 4.79 Å². The summed E-state index contributed by atoms with van der Waals surface area (Å²) in [5, 5.41) is 18.3. The molecule has 1 rings (SSSR count). The number of thioether (sulfide) groups is 1. The fourth-order valence-corrected chi connectivity index (χ4v) is 2.85. The summed E-state index contributed by atoms with van der Waals surface area (Å²) in [6.07, 6.45) is 1.08. The lowest BCUT2D eigenvalue weighted by molar-refractivity contribution is -0.158. The quantitative estimate of drug-likeness (QED) is 0.710. The van der Waals surface area contributed by atoms with Crippen molar-refractivity contribution in [1.82, 2.24) is 4.90 Å². The summed E-state index contributed by atoms with van der Waals surface area (Å²) in [5.74, 6) is 1.01. The molecular formula is C9H17NO3S. The molecule has 82 valence electrons. The highest BCUT2D eigenvalue weighted by Crippen LogP contribution is 2.22. The summed E-state index contributed by atoms with van der Waals surface area (Å²) >= 11 is 1.87. The largest absolute Gasteiger partial charge is 0.479 e. The Balaban J connectivity index is 2.46. The van der Waals surface area contributed by atoms with Crippen molar-refractivity contribution in [2.75, 3.05) is 25.1 Å². The molecule has 0 bridgehead atoms. The van der Waals surface area contributed by atoms with Crippen molar-refractivity contribution in [1.29, 1.82) is 0 Å². The summed E-state index contributed by atoms with van der Waals surface area (Å²) in [7, 11) is 1.87. The molecule has 0 aromatic rings. The molecule has 2 atom stereocenters. The van der Waals surface area contributed by atoms with Crippen LogP contribution >= 0.6 is 11.8 Å². The molecule has 0 aliphatic carbocycles. The van der Waals surface area contributed by atoms with Gasteiger partial charge in [-0.1, -0.05) is 0 Å². The molecule has 0 radical (unpaired) electrons. The summed E-state index contributed by atoms with van der Waals surface area (Å²) in [6, 6.07) is 0.408. The normalized spacial score (nSPS) is 26.4. The van der Waals surface area contributed by atoms with Crippen LogP contribution in [0.15, 0.2) is 0 Å². The molecule has 0 aromatic carbocycles. The minimum absolute atomic E-state index is 0.188.